The van der Waals surface area contributed by atoms with Crippen molar-refractivity contribution >= 4 is 16.0 Å². The normalized spacial score (nSPS) is 27.7. The number of sulfonamides is 1. The molecule has 3 unspecified atom stereocenters. The minimum absolute atomic E-state index is 0.00850. The summed E-state index contributed by atoms with van der Waals surface area (Å²) in [5, 5.41) is 0. The van der Waals surface area contributed by atoms with Gasteiger partial charge in [-0.3, -0.25) is 0 Å². The van der Waals surface area contributed by atoms with E-state index in [1.54, 1.807) is 0 Å². The molecule has 138 valence electrons. The van der Waals surface area contributed by atoms with Crippen molar-refractivity contribution in [2.45, 2.75) is 37.3 Å². The smallest absolute Gasteiger partial charge is 0.337 e. The third-order valence-corrected chi connectivity index (χ3v) is 7.29. The molecule has 1 aliphatic heterocycles. The molecule has 3 atom stereocenters. The van der Waals surface area contributed by atoms with E-state index in [-0.39, 0.29) is 29.0 Å². The van der Waals surface area contributed by atoms with Gasteiger partial charge < -0.3 is 9.47 Å². The maximum absolute atomic E-state index is 14.3. The summed E-state index contributed by atoms with van der Waals surface area (Å²) in [5.41, 5.74) is -0.370. The van der Waals surface area contributed by atoms with Crippen molar-refractivity contribution < 1.29 is 27.1 Å². The molecule has 1 aromatic carbocycles. The number of esters is 1. The second-order valence-electron chi connectivity index (χ2n) is 7.17. The Hall–Kier alpha value is -1.51. The van der Waals surface area contributed by atoms with Crippen LogP contribution in [0.2, 0.25) is 0 Å². The summed E-state index contributed by atoms with van der Waals surface area (Å²) >= 11 is 0. The van der Waals surface area contributed by atoms with Gasteiger partial charge in [0.1, 0.15) is 10.7 Å². The highest BCUT2D eigenvalue weighted by Gasteiger charge is 2.62. The van der Waals surface area contributed by atoms with Crippen LogP contribution >= 0.6 is 0 Å². The van der Waals surface area contributed by atoms with E-state index in [9.17, 15) is 17.6 Å². The minimum Gasteiger partial charge on any atom is -0.465 e. The number of nitrogens with zero attached hydrogens (tertiary/aromatic N) is 1. The molecule has 25 heavy (non-hydrogen) atoms. The summed E-state index contributed by atoms with van der Waals surface area (Å²) in [6, 6.07) is 2.92. The predicted octanol–water partition coefficient (Wildman–Crippen LogP) is 2.05. The van der Waals surface area contributed by atoms with Gasteiger partial charge in [-0.2, -0.15) is 4.31 Å². The molecule has 1 saturated carbocycles. The lowest BCUT2D eigenvalue weighted by molar-refractivity contribution is -0.131. The molecule has 2 fully saturated rings. The lowest BCUT2D eigenvalue weighted by atomic mass is 9.57. The maximum atomic E-state index is 14.3. The van der Waals surface area contributed by atoms with Gasteiger partial charge in [-0.15, -0.1) is 0 Å². The van der Waals surface area contributed by atoms with E-state index in [0.717, 1.165) is 18.6 Å². The highest BCUT2D eigenvalue weighted by molar-refractivity contribution is 7.89. The fourth-order valence-corrected chi connectivity index (χ4v) is 5.91. The zero-order chi connectivity index (χ0) is 18.6. The van der Waals surface area contributed by atoms with Crippen molar-refractivity contribution in [3.8, 4) is 0 Å². The summed E-state index contributed by atoms with van der Waals surface area (Å²) in [6.45, 7) is 4.52. The number of carbonyl (C=O) groups is 1. The third kappa shape index (κ3) is 2.67. The standard InChI is InChI=1S/C17H22FNO5S/c1-17(2)14(11-7-8-24-15(11)17)19(3)25(21,22)13-9-10(16(20)23-4)5-6-12(13)18/h5-6,9,11,14-15H,7-8H2,1-4H3. The van der Waals surface area contributed by atoms with Crippen LogP contribution in [0.15, 0.2) is 23.1 Å². The van der Waals surface area contributed by atoms with Crippen LogP contribution in [0.5, 0.6) is 0 Å². The van der Waals surface area contributed by atoms with Crippen LogP contribution in [0.3, 0.4) is 0 Å². The Morgan fingerprint density at radius 1 is 1.40 bits per heavy atom. The first kappa shape index (κ1) is 18.3. The van der Waals surface area contributed by atoms with E-state index in [4.69, 9.17) is 4.74 Å². The van der Waals surface area contributed by atoms with Crippen LogP contribution < -0.4 is 0 Å². The molecule has 8 heteroatoms. The van der Waals surface area contributed by atoms with Crippen molar-refractivity contribution in [3.05, 3.63) is 29.6 Å². The van der Waals surface area contributed by atoms with Crippen LogP contribution in [-0.4, -0.2) is 51.6 Å². The summed E-state index contributed by atoms with van der Waals surface area (Å²) in [6.07, 6.45) is 0.796. The fraction of sp³-hybridized carbons (Fsp3) is 0.588. The monoisotopic (exact) mass is 371 g/mol. The van der Waals surface area contributed by atoms with Crippen LogP contribution in [0.1, 0.15) is 30.6 Å². The Morgan fingerprint density at radius 3 is 2.72 bits per heavy atom. The van der Waals surface area contributed by atoms with Gasteiger partial charge in [0.2, 0.25) is 10.0 Å². The van der Waals surface area contributed by atoms with Gasteiger partial charge in [0, 0.05) is 31.0 Å². The molecule has 0 spiro atoms. The highest BCUT2D eigenvalue weighted by atomic mass is 32.2. The molecule has 1 aromatic rings. The Bertz CT molecular complexity index is 807. The molecule has 0 N–H and O–H groups in total. The molecule has 0 radical (unpaired) electrons. The number of methoxy groups -OCH3 is 1. The molecule has 6 nitrogen and oxygen atoms in total. The molecule has 0 amide bonds. The van der Waals surface area contributed by atoms with E-state index in [1.807, 2.05) is 13.8 Å². The number of halogens is 1. The largest absolute Gasteiger partial charge is 0.465 e. The predicted molar refractivity (Wildman–Crippen MR) is 88.1 cm³/mol. The van der Waals surface area contributed by atoms with E-state index < -0.39 is 26.7 Å². The van der Waals surface area contributed by atoms with E-state index >= 15 is 0 Å². The minimum atomic E-state index is -4.11. The first-order valence-electron chi connectivity index (χ1n) is 8.10. The van der Waals surface area contributed by atoms with Crippen molar-refractivity contribution in [2.24, 2.45) is 11.3 Å². The molecular formula is C17H22FNO5S. The number of hydrogen-bond donors (Lipinski definition) is 0. The average Bonchev–Trinajstić information content (AvgIpc) is 3.00. The zero-order valence-corrected chi connectivity index (χ0v) is 15.5. The second-order valence-corrected chi connectivity index (χ2v) is 9.13. The first-order valence-corrected chi connectivity index (χ1v) is 9.54. The lowest BCUT2D eigenvalue weighted by Crippen LogP contribution is -2.66. The quantitative estimate of drug-likeness (QED) is 0.758. The number of benzene rings is 1. The van der Waals surface area contributed by atoms with Gasteiger partial charge >= 0.3 is 5.97 Å². The molecular weight excluding hydrogens is 349 g/mol. The molecule has 1 saturated heterocycles. The average molecular weight is 371 g/mol. The van der Waals surface area contributed by atoms with Gasteiger partial charge in [0.25, 0.3) is 0 Å². The van der Waals surface area contributed by atoms with Crippen molar-refractivity contribution in [1.82, 2.24) is 4.31 Å². The Morgan fingerprint density at radius 2 is 2.08 bits per heavy atom. The van der Waals surface area contributed by atoms with E-state index in [1.165, 1.54) is 24.5 Å². The molecule has 1 heterocycles. The molecule has 2 aliphatic rings. The van der Waals surface area contributed by atoms with Crippen LogP contribution in [0, 0.1) is 17.2 Å². The van der Waals surface area contributed by atoms with Crippen molar-refractivity contribution in [1.29, 1.82) is 0 Å². The van der Waals surface area contributed by atoms with Gasteiger partial charge in [-0.1, -0.05) is 13.8 Å². The van der Waals surface area contributed by atoms with Crippen molar-refractivity contribution in [2.75, 3.05) is 20.8 Å². The SMILES string of the molecule is COC(=O)c1ccc(F)c(S(=O)(=O)N(C)C2C3CCOC3C2(C)C)c1. The molecule has 1 aliphatic carbocycles. The topological polar surface area (TPSA) is 72.9 Å². The van der Waals surface area contributed by atoms with Crippen LogP contribution in [0.4, 0.5) is 4.39 Å². The maximum Gasteiger partial charge on any atom is 0.337 e. The van der Waals surface area contributed by atoms with E-state index in [0.29, 0.717) is 6.61 Å². The summed E-state index contributed by atoms with van der Waals surface area (Å²) in [7, 11) is -1.47. The molecule has 0 aromatic heterocycles. The number of hydrogen-bond acceptors (Lipinski definition) is 5. The number of carbonyl (C=O) groups excluding carboxylic acids is 1. The first-order chi connectivity index (χ1) is 11.6. The Balaban J connectivity index is 1.98. The second kappa shape index (κ2) is 6.03. The third-order valence-electron chi connectivity index (χ3n) is 5.44. The summed E-state index contributed by atoms with van der Waals surface area (Å²) < 4.78 is 51.8. The van der Waals surface area contributed by atoms with Gasteiger partial charge in [-0.25, -0.2) is 17.6 Å². The Labute approximate surface area is 147 Å². The van der Waals surface area contributed by atoms with E-state index in [2.05, 4.69) is 4.74 Å². The summed E-state index contributed by atoms with van der Waals surface area (Å²) in [4.78, 5) is 11.1. The number of fused-ring (bicyclic) bond motifs is 1. The summed E-state index contributed by atoms with van der Waals surface area (Å²) in [5.74, 6) is -1.51. The number of ether oxygens (including phenoxy) is 2. The van der Waals surface area contributed by atoms with Crippen molar-refractivity contribution in [3.63, 3.8) is 0 Å². The van der Waals surface area contributed by atoms with Gasteiger partial charge in [-0.05, 0) is 24.6 Å². The van der Waals surface area contributed by atoms with Gasteiger partial charge in [0.15, 0.2) is 0 Å². The molecule has 3 rings (SSSR count). The Kier molecular flexibility index (Phi) is 4.41. The molecule has 0 bridgehead atoms. The van der Waals surface area contributed by atoms with Crippen LogP contribution in [0.25, 0.3) is 0 Å². The van der Waals surface area contributed by atoms with Crippen LogP contribution in [-0.2, 0) is 19.5 Å². The highest BCUT2D eigenvalue weighted by Crippen LogP contribution is 2.55. The fourth-order valence-electron chi connectivity index (χ4n) is 4.29. The zero-order valence-electron chi connectivity index (χ0n) is 14.7. The lowest BCUT2D eigenvalue weighted by Gasteiger charge is -2.57. The number of rotatable bonds is 4. The van der Waals surface area contributed by atoms with Gasteiger partial charge in [0.05, 0.1) is 18.8 Å².